The summed E-state index contributed by atoms with van der Waals surface area (Å²) in [5.41, 5.74) is 3.70. The van der Waals surface area contributed by atoms with Crippen LogP contribution in [0.4, 0.5) is 0 Å². The summed E-state index contributed by atoms with van der Waals surface area (Å²) < 4.78 is 1.90. The average molecular weight is 406 g/mol. The molecule has 0 aliphatic carbocycles. The van der Waals surface area contributed by atoms with Gasteiger partial charge in [-0.25, -0.2) is 9.67 Å². The van der Waals surface area contributed by atoms with Crippen LogP contribution in [0.15, 0.2) is 42.6 Å². The molecular formula is C24H31N5O. The van der Waals surface area contributed by atoms with E-state index in [1.807, 2.05) is 16.8 Å². The highest BCUT2D eigenvalue weighted by atomic mass is 16.1. The summed E-state index contributed by atoms with van der Waals surface area (Å²) in [6.45, 7) is 11.1. The number of rotatable bonds is 6. The van der Waals surface area contributed by atoms with Crippen LogP contribution in [0.3, 0.4) is 0 Å². The second kappa shape index (κ2) is 8.56. The zero-order valence-electron chi connectivity index (χ0n) is 18.3. The van der Waals surface area contributed by atoms with Crippen molar-refractivity contribution in [1.82, 2.24) is 25.0 Å². The van der Waals surface area contributed by atoms with Gasteiger partial charge < -0.3 is 5.32 Å². The van der Waals surface area contributed by atoms with Crippen molar-refractivity contribution in [3.63, 3.8) is 0 Å². The maximum Gasteiger partial charge on any atom is 0.252 e. The SMILES string of the molecule is CC(C)c1cc(C(=O)N[C@@H]2CCN(Cc3ccccc3)C2)c2cnn(C(C)C)c2n1. The van der Waals surface area contributed by atoms with Gasteiger partial charge in [0, 0.05) is 37.4 Å². The maximum atomic E-state index is 13.2. The first-order chi connectivity index (χ1) is 14.4. The lowest BCUT2D eigenvalue weighted by atomic mass is 10.0. The minimum absolute atomic E-state index is 0.0285. The Labute approximate surface area is 178 Å². The summed E-state index contributed by atoms with van der Waals surface area (Å²) in [5.74, 6) is 0.212. The Kier molecular flexibility index (Phi) is 5.86. The molecule has 1 saturated heterocycles. The lowest BCUT2D eigenvalue weighted by Gasteiger charge is -2.17. The fourth-order valence-corrected chi connectivity index (χ4v) is 4.10. The van der Waals surface area contributed by atoms with Crippen molar-refractivity contribution >= 4 is 16.9 Å². The van der Waals surface area contributed by atoms with Crippen molar-refractivity contribution in [3.8, 4) is 0 Å². The molecule has 0 unspecified atom stereocenters. The van der Waals surface area contributed by atoms with Gasteiger partial charge >= 0.3 is 0 Å². The molecule has 1 N–H and O–H groups in total. The van der Waals surface area contributed by atoms with E-state index < -0.39 is 0 Å². The first-order valence-corrected chi connectivity index (χ1v) is 10.9. The Balaban J connectivity index is 1.52. The van der Waals surface area contributed by atoms with Gasteiger partial charge in [0.2, 0.25) is 0 Å². The number of carbonyl (C=O) groups is 1. The molecule has 6 heteroatoms. The van der Waals surface area contributed by atoms with E-state index in [4.69, 9.17) is 4.98 Å². The summed E-state index contributed by atoms with van der Waals surface area (Å²) in [6.07, 6.45) is 2.74. The first kappa shape index (κ1) is 20.5. The molecule has 1 aromatic carbocycles. The van der Waals surface area contributed by atoms with E-state index >= 15 is 0 Å². The molecule has 1 aliphatic heterocycles. The van der Waals surface area contributed by atoms with E-state index in [2.05, 4.69) is 67.3 Å². The van der Waals surface area contributed by atoms with Crippen LogP contribution >= 0.6 is 0 Å². The first-order valence-electron chi connectivity index (χ1n) is 10.9. The normalized spacial score (nSPS) is 17.3. The zero-order valence-corrected chi connectivity index (χ0v) is 18.3. The van der Waals surface area contributed by atoms with Crippen LogP contribution in [0.2, 0.25) is 0 Å². The Morgan fingerprint density at radius 3 is 2.67 bits per heavy atom. The smallest absolute Gasteiger partial charge is 0.252 e. The fraction of sp³-hybridized carbons (Fsp3) is 0.458. The number of carbonyl (C=O) groups excluding carboxylic acids is 1. The van der Waals surface area contributed by atoms with E-state index in [0.29, 0.717) is 5.56 Å². The summed E-state index contributed by atoms with van der Waals surface area (Å²) in [4.78, 5) is 20.4. The van der Waals surface area contributed by atoms with Crippen LogP contribution in [0, 0.1) is 0 Å². The molecule has 1 amide bonds. The lowest BCUT2D eigenvalue weighted by molar-refractivity contribution is 0.0939. The van der Waals surface area contributed by atoms with E-state index in [-0.39, 0.29) is 23.9 Å². The van der Waals surface area contributed by atoms with Crippen LogP contribution < -0.4 is 5.32 Å². The average Bonchev–Trinajstić information content (AvgIpc) is 3.34. The molecule has 0 bridgehead atoms. The third-order valence-corrected chi connectivity index (χ3v) is 5.77. The quantitative estimate of drug-likeness (QED) is 0.669. The lowest BCUT2D eigenvalue weighted by Crippen LogP contribution is -2.37. The molecule has 1 atom stereocenters. The number of pyridine rings is 1. The standard InChI is InChI=1S/C24H31N5O/c1-16(2)22-12-20(21-13-25-29(17(3)4)23(21)27-22)24(30)26-19-10-11-28(15-19)14-18-8-6-5-7-9-18/h5-9,12-13,16-17,19H,10-11,14-15H2,1-4H3,(H,26,30)/t19-/m1/s1. The van der Waals surface area contributed by atoms with Gasteiger partial charge in [-0.15, -0.1) is 0 Å². The zero-order chi connectivity index (χ0) is 21.3. The Hall–Kier alpha value is -2.73. The van der Waals surface area contributed by atoms with Crippen LogP contribution in [-0.4, -0.2) is 44.7 Å². The Morgan fingerprint density at radius 1 is 1.20 bits per heavy atom. The number of nitrogens with one attached hydrogen (secondary N) is 1. The third-order valence-electron chi connectivity index (χ3n) is 5.77. The van der Waals surface area contributed by atoms with Gasteiger partial charge in [-0.05, 0) is 37.8 Å². The summed E-state index contributed by atoms with van der Waals surface area (Å²) in [5, 5.41) is 8.58. The second-order valence-corrected chi connectivity index (χ2v) is 8.85. The highest BCUT2D eigenvalue weighted by molar-refractivity contribution is 6.05. The molecule has 4 rings (SSSR count). The van der Waals surface area contributed by atoms with Crippen molar-refractivity contribution in [2.24, 2.45) is 0 Å². The monoisotopic (exact) mass is 405 g/mol. The second-order valence-electron chi connectivity index (χ2n) is 8.85. The molecule has 0 saturated carbocycles. The van der Waals surface area contributed by atoms with Gasteiger partial charge in [0.1, 0.15) is 0 Å². The highest BCUT2D eigenvalue weighted by Gasteiger charge is 2.26. The largest absolute Gasteiger partial charge is 0.348 e. The summed E-state index contributed by atoms with van der Waals surface area (Å²) >= 11 is 0. The fourth-order valence-electron chi connectivity index (χ4n) is 4.10. The molecule has 158 valence electrons. The molecular weight excluding hydrogens is 374 g/mol. The number of hydrogen-bond acceptors (Lipinski definition) is 4. The van der Waals surface area contributed by atoms with Gasteiger partial charge in [0.05, 0.1) is 17.1 Å². The number of fused-ring (bicyclic) bond motifs is 1. The third kappa shape index (κ3) is 4.24. The van der Waals surface area contributed by atoms with Crippen molar-refractivity contribution < 1.29 is 4.79 Å². The Bertz CT molecular complexity index is 1020. The maximum absolute atomic E-state index is 13.2. The predicted molar refractivity (Wildman–Crippen MR) is 120 cm³/mol. The molecule has 6 nitrogen and oxygen atoms in total. The van der Waals surface area contributed by atoms with Gasteiger partial charge in [0.15, 0.2) is 5.65 Å². The van der Waals surface area contributed by atoms with E-state index in [1.54, 1.807) is 6.20 Å². The van der Waals surface area contributed by atoms with E-state index in [0.717, 1.165) is 42.8 Å². The van der Waals surface area contributed by atoms with Crippen LogP contribution in [-0.2, 0) is 6.54 Å². The molecule has 3 aromatic rings. The molecule has 0 spiro atoms. The highest BCUT2D eigenvalue weighted by Crippen LogP contribution is 2.25. The van der Waals surface area contributed by atoms with Crippen molar-refractivity contribution in [2.45, 2.75) is 58.7 Å². The topological polar surface area (TPSA) is 63.1 Å². The number of amides is 1. The van der Waals surface area contributed by atoms with Gasteiger partial charge in [-0.3, -0.25) is 9.69 Å². The van der Waals surface area contributed by atoms with Gasteiger partial charge in [0.25, 0.3) is 5.91 Å². The molecule has 1 aliphatic rings. The van der Waals surface area contributed by atoms with Crippen LogP contribution in [0.5, 0.6) is 0 Å². The van der Waals surface area contributed by atoms with Crippen molar-refractivity contribution in [3.05, 3.63) is 59.4 Å². The van der Waals surface area contributed by atoms with Crippen LogP contribution in [0.1, 0.15) is 67.7 Å². The number of likely N-dealkylation sites (tertiary alicyclic amines) is 1. The molecule has 3 heterocycles. The van der Waals surface area contributed by atoms with Crippen molar-refractivity contribution in [2.75, 3.05) is 13.1 Å². The molecule has 30 heavy (non-hydrogen) atoms. The number of hydrogen-bond donors (Lipinski definition) is 1. The van der Waals surface area contributed by atoms with Crippen LogP contribution in [0.25, 0.3) is 11.0 Å². The van der Waals surface area contributed by atoms with Crippen molar-refractivity contribution in [1.29, 1.82) is 0 Å². The van der Waals surface area contributed by atoms with E-state index in [9.17, 15) is 4.79 Å². The van der Waals surface area contributed by atoms with Gasteiger partial charge in [-0.2, -0.15) is 5.10 Å². The minimum Gasteiger partial charge on any atom is -0.348 e. The Morgan fingerprint density at radius 2 is 1.97 bits per heavy atom. The summed E-state index contributed by atoms with van der Waals surface area (Å²) in [6, 6.07) is 12.8. The molecule has 2 aromatic heterocycles. The minimum atomic E-state index is -0.0285. The number of aromatic nitrogens is 3. The van der Waals surface area contributed by atoms with E-state index in [1.165, 1.54) is 5.56 Å². The predicted octanol–water partition coefficient (Wildman–Crippen LogP) is 4.14. The summed E-state index contributed by atoms with van der Waals surface area (Å²) in [7, 11) is 0. The van der Waals surface area contributed by atoms with Gasteiger partial charge in [-0.1, -0.05) is 44.2 Å². The molecule has 0 radical (unpaired) electrons. The number of nitrogens with zero attached hydrogens (tertiary/aromatic N) is 4. The number of benzene rings is 1. The molecule has 1 fully saturated rings.